The summed E-state index contributed by atoms with van der Waals surface area (Å²) in [5, 5.41) is 5.44. The normalized spacial score (nSPS) is 15.6. The van der Waals surface area contributed by atoms with Crippen molar-refractivity contribution in [1.29, 1.82) is 0 Å². The molecule has 1 aliphatic rings. The van der Waals surface area contributed by atoms with Crippen molar-refractivity contribution in [2.24, 2.45) is 0 Å². The van der Waals surface area contributed by atoms with Crippen LogP contribution in [0.3, 0.4) is 0 Å². The number of amides is 1. The second-order valence-electron chi connectivity index (χ2n) is 6.70. The summed E-state index contributed by atoms with van der Waals surface area (Å²) in [5.41, 5.74) is 1.59. The van der Waals surface area contributed by atoms with Gasteiger partial charge in [0.25, 0.3) is 0 Å². The van der Waals surface area contributed by atoms with Gasteiger partial charge in [-0.3, -0.25) is 14.6 Å². The fraction of sp³-hybridized carbons (Fsp3) is 0.300. The molecule has 0 bridgehead atoms. The highest BCUT2D eigenvalue weighted by atomic mass is 35.5. The SMILES string of the molecule is O=C(CN1CCN(Cc2coc(-c3cccs3)n2)CC1)Nc1ccccc1Cl. The molecule has 28 heavy (non-hydrogen) atoms. The number of benzene rings is 1. The highest BCUT2D eigenvalue weighted by Crippen LogP contribution is 2.24. The van der Waals surface area contributed by atoms with Gasteiger partial charge in [0, 0.05) is 32.7 Å². The Morgan fingerprint density at radius 2 is 1.93 bits per heavy atom. The van der Waals surface area contributed by atoms with Crippen molar-refractivity contribution >= 4 is 34.5 Å². The number of oxazole rings is 1. The molecule has 1 amide bonds. The van der Waals surface area contributed by atoms with Gasteiger partial charge in [-0.05, 0) is 23.6 Å². The van der Waals surface area contributed by atoms with E-state index in [9.17, 15) is 4.79 Å². The van der Waals surface area contributed by atoms with Crippen LogP contribution in [-0.2, 0) is 11.3 Å². The molecule has 8 heteroatoms. The zero-order valence-electron chi connectivity index (χ0n) is 15.3. The van der Waals surface area contributed by atoms with Crippen LogP contribution in [0.25, 0.3) is 10.8 Å². The lowest BCUT2D eigenvalue weighted by molar-refractivity contribution is -0.117. The van der Waals surface area contributed by atoms with Crippen LogP contribution in [0.2, 0.25) is 5.02 Å². The first-order chi connectivity index (χ1) is 13.7. The van der Waals surface area contributed by atoms with Crippen molar-refractivity contribution in [1.82, 2.24) is 14.8 Å². The maximum Gasteiger partial charge on any atom is 0.238 e. The minimum absolute atomic E-state index is 0.0429. The number of thiophene rings is 1. The molecule has 1 saturated heterocycles. The van der Waals surface area contributed by atoms with Crippen molar-refractivity contribution in [2.45, 2.75) is 6.54 Å². The third-order valence-corrected chi connectivity index (χ3v) is 5.84. The molecular weight excluding hydrogens is 396 g/mol. The Morgan fingerprint density at radius 1 is 1.14 bits per heavy atom. The summed E-state index contributed by atoms with van der Waals surface area (Å²) in [4.78, 5) is 22.4. The van der Waals surface area contributed by atoms with Crippen LogP contribution in [0.15, 0.2) is 52.5 Å². The highest BCUT2D eigenvalue weighted by molar-refractivity contribution is 7.13. The molecule has 0 aliphatic carbocycles. The molecule has 3 heterocycles. The predicted molar refractivity (Wildman–Crippen MR) is 112 cm³/mol. The maximum atomic E-state index is 12.3. The van der Waals surface area contributed by atoms with Gasteiger partial charge in [0.05, 0.1) is 27.8 Å². The summed E-state index contributed by atoms with van der Waals surface area (Å²) >= 11 is 7.71. The molecule has 1 aliphatic heterocycles. The Balaban J connectivity index is 1.23. The Morgan fingerprint density at radius 3 is 2.68 bits per heavy atom. The number of nitrogens with zero attached hydrogens (tertiary/aromatic N) is 3. The number of hydrogen-bond acceptors (Lipinski definition) is 6. The number of carbonyl (C=O) groups is 1. The fourth-order valence-electron chi connectivity index (χ4n) is 3.18. The van der Waals surface area contributed by atoms with Gasteiger partial charge in [0.1, 0.15) is 6.26 Å². The van der Waals surface area contributed by atoms with Gasteiger partial charge in [0.15, 0.2) is 0 Å². The molecule has 0 spiro atoms. The Kier molecular flexibility index (Phi) is 6.07. The first-order valence-electron chi connectivity index (χ1n) is 9.15. The van der Waals surface area contributed by atoms with Crippen LogP contribution in [0.4, 0.5) is 5.69 Å². The number of piperazine rings is 1. The zero-order valence-corrected chi connectivity index (χ0v) is 16.9. The quantitative estimate of drug-likeness (QED) is 0.662. The van der Waals surface area contributed by atoms with Crippen molar-refractivity contribution < 1.29 is 9.21 Å². The number of halogens is 1. The average molecular weight is 417 g/mol. The van der Waals surface area contributed by atoms with Gasteiger partial charge in [-0.15, -0.1) is 11.3 Å². The molecule has 4 rings (SSSR count). The molecule has 1 aromatic carbocycles. The van der Waals surface area contributed by atoms with E-state index >= 15 is 0 Å². The van der Waals surface area contributed by atoms with Crippen molar-refractivity contribution in [3.05, 3.63) is 58.8 Å². The minimum Gasteiger partial charge on any atom is -0.444 e. The van der Waals surface area contributed by atoms with Crippen LogP contribution in [0, 0.1) is 0 Å². The van der Waals surface area contributed by atoms with E-state index in [-0.39, 0.29) is 5.91 Å². The number of aromatic nitrogens is 1. The minimum atomic E-state index is -0.0429. The lowest BCUT2D eigenvalue weighted by Gasteiger charge is -2.33. The Bertz CT molecular complexity index is 920. The first-order valence-corrected chi connectivity index (χ1v) is 10.4. The standard InChI is InChI=1S/C20H21ClN4O2S/c21-16-4-1-2-5-17(16)23-19(26)13-25-9-7-24(8-10-25)12-15-14-27-20(22-15)18-6-3-11-28-18/h1-6,11,14H,7-10,12-13H2,(H,23,26). The summed E-state index contributed by atoms with van der Waals surface area (Å²) < 4.78 is 5.59. The summed E-state index contributed by atoms with van der Waals surface area (Å²) in [5.74, 6) is 0.638. The molecule has 0 saturated carbocycles. The van der Waals surface area contributed by atoms with Crippen molar-refractivity contribution in [2.75, 3.05) is 38.0 Å². The summed E-state index contributed by atoms with van der Waals surface area (Å²) in [7, 11) is 0. The smallest absolute Gasteiger partial charge is 0.238 e. The molecule has 0 unspecified atom stereocenters. The highest BCUT2D eigenvalue weighted by Gasteiger charge is 2.20. The zero-order chi connectivity index (χ0) is 19.3. The topological polar surface area (TPSA) is 61.6 Å². The molecule has 3 aromatic rings. The van der Waals surface area contributed by atoms with E-state index in [1.807, 2.05) is 29.6 Å². The molecule has 0 atom stereocenters. The van der Waals surface area contributed by atoms with Crippen LogP contribution in [0.5, 0.6) is 0 Å². The number of nitrogens with one attached hydrogen (secondary N) is 1. The van der Waals surface area contributed by atoms with Crippen LogP contribution >= 0.6 is 22.9 Å². The second-order valence-corrected chi connectivity index (χ2v) is 8.06. The molecule has 1 N–H and O–H groups in total. The van der Waals surface area contributed by atoms with E-state index in [0.717, 1.165) is 43.3 Å². The van der Waals surface area contributed by atoms with Gasteiger partial charge in [0.2, 0.25) is 11.8 Å². The summed E-state index contributed by atoms with van der Waals surface area (Å²) in [6.07, 6.45) is 1.73. The van der Waals surface area contributed by atoms with E-state index in [0.29, 0.717) is 23.1 Å². The van der Waals surface area contributed by atoms with E-state index in [4.69, 9.17) is 16.0 Å². The third-order valence-electron chi connectivity index (χ3n) is 4.65. The van der Waals surface area contributed by atoms with E-state index in [1.165, 1.54) is 0 Å². The lowest BCUT2D eigenvalue weighted by Crippen LogP contribution is -2.48. The number of hydrogen-bond donors (Lipinski definition) is 1. The number of carbonyl (C=O) groups excluding carboxylic acids is 1. The molecule has 6 nitrogen and oxygen atoms in total. The van der Waals surface area contributed by atoms with E-state index < -0.39 is 0 Å². The predicted octanol–water partition coefficient (Wildman–Crippen LogP) is 3.81. The number of anilines is 1. The summed E-state index contributed by atoms with van der Waals surface area (Å²) in [6.45, 7) is 4.58. The molecule has 2 aromatic heterocycles. The molecule has 1 fully saturated rings. The first kappa shape index (κ1) is 19.1. The van der Waals surface area contributed by atoms with Gasteiger partial charge in [-0.25, -0.2) is 4.98 Å². The third kappa shape index (κ3) is 4.80. The summed E-state index contributed by atoms with van der Waals surface area (Å²) in [6, 6.07) is 11.3. The maximum absolute atomic E-state index is 12.3. The Hall–Kier alpha value is -2.19. The van der Waals surface area contributed by atoms with Gasteiger partial charge >= 0.3 is 0 Å². The van der Waals surface area contributed by atoms with E-state index in [1.54, 1.807) is 29.7 Å². The fourth-order valence-corrected chi connectivity index (χ4v) is 4.02. The van der Waals surface area contributed by atoms with Crippen molar-refractivity contribution in [3.8, 4) is 10.8 Å². The van der Waals surface area contributed by atoms with Crippen molar-refractivity contribution in [3.63, 3.8) is 0 Å². The Labute approximate surface area is 172 Å². The molecular formula is C20H21ClN4O2S. The van der Waals surface area contributed by atoms with Crippen LogP contribution in [0.1, 0.15) is 5.69 Å². The molecule has 146 valence electrons. The second kappa shape index (κ2) is 8.87. The number of rotatable bonds is 6. The molecule has 0 radical (unpaired) electrons. The monoisotopic (exact) mass is 416 g/mol. The van der Waals surface area contributed by atoms with Gasteiger partial charge in [-0.2, -0.15) is 0 Å². The van der Waals surface area contributed by atoms with Crippen LogP contribution in [-0.4, -0.2) is 53.4 Å². The van der Waals surface area contributed by atoms with Crippen LogP contribution < -0.4 is 5.32 Å². The van der Waals surface area contributed by atoms with E-state index in [2.05, 4.69) is 20.1 Å². The largest absolute Gasteiger partial charge is 0.444 e. The number of para-hydroxylation sites is 1. The average Bonchev–Trinajstić information content (AvgIpc) is 3.37. The van der Waals surface area contributed by atoms with Gasteiger partial charge < -0.3 is 9.73 Å². The van der Waals surface area contributed by atoms with Gasteiger partial charge in [-0.1, -0.05) is 29.8 Å². The lowest BCUT2D eigenvalue weighted by atomic mass is 10.3.